The summed E-state index contributed by atoms with van der Waals surface area (Å²) >= 11 is 5.50. The number of halogens is 1. The fourth-order valence-corrected chi connectivity index (χ4v) is 1.41. The third-order valence-electron chi connectivity index (χ3n) is 2.43. The number of aliphatic hydroxyl groups is 1. The molecule has 1 aromatic carbocycles. The molecule has 0 saturated heterocycles. The summed E-state index contributed by atoms with van der Waals surface area (Å²) in [6.07, 6.45) is -0.578. The van der Waals surface area contributed by atoms with Crippen molar-refractivity contribution in [3.8, 4) is 0 Å². The second-order valence-corrected chi connectivity index (χ2v) is 4.13. The Bertz CT molecular complexity index is 385. The van der Waals surface area contributed by atoms with E-state index in [-0.39, 0.29) is 11.8 Å². The summed E-state index contributed by atoms with van der Waals surface area (Å²) < 4.78 is 0. The molecular formula is C12H17ClN2O2. The van der Waals surface area contributed by atoms with E-state index < -0.39 is 6.10 Å². The van der Waals surface area contributed by atoms with Crippen molar-refractivity contribution in [1.29, 1.82) is 0 Å². The fourth-order valence-electron chi connectivity index (χ4n) is 1.30. The molecule has 0 aliphatic rings. The Hall–Kier alpha value is -1.26. The van der Waals surface area contributed by atoms with Gasteiger partial charge in [0.15, 0.2) is 0 Å². The molecule has 0 heterocycles. The first-order chi connectivity index (χ1) is 8.04. The summed E-state index contributed by atoms with van der Waals surface area (Å²) in [5.41, 5.74) is 1.66. The first-order valence-corrected chi connectivity index (χ1v) is 5.90. The predicted octanol–water partition coefficient (Wildman–Crippen LogP) is 1.68. The van der Waals surface area contributed by atoms with Gasteiger partial charge in [-0.25, -0.2) is 0 Å². The molecule has 0 bridgehead atoms. The van der Waals surface area contributed by atoms with Crippen LogP contribution in [0.2, 0.25) is 0 Å². The maximum atomic E-state index is 11.2. The maximum Gasteiger partial charge on any atom is 0.223 e. The highest BCUT2D eigenvalue weighted by molar-refractivity contribution is 6.18. The minimum absolute atomic E-state index is 0.0251. The molecular weight excluding hydrogens is 240 g/mol. The third kappa shape index (κ3) is 4.24. The van der Waals surface area contributed by atoms with Crippen LogP contribution < -0.4 is 10.2 Å². The van der Waals surface area contributed by atoms with E-state index in [1.165, 1.54) is 6.92 Å². The van der Waals surface area contributed by atoms with Crippen molar-refractivity contribution in [1.82, 2.24) is 0 Å². The molecule has 0 fully saturated rings. The van der Waals surface area contributed by atoms with E-state index in [1.807, 2.05) is 24.3 Å². The molecule has 5 heteroatoms. The maximum absolute atomic E-state index is 11.2. The van der Waals surface area contributed by atoms with Gasteiger partial charge in [-0.3, -0.25) is 4.79 Å². The predicted molar refractivity (Wildman–Crippen MR) is 70.7 cm³/mol. The highest BCUT2D eigenvalue weighted by atomic mass is 35.5. The minimum Gasteiger partial charge on any atom is -0.390 e. The SMILES string of the molecule is CC(=O)N(C)c1cccc(NCC(O)CCl)c1. The van der Waals surface area contributed by atoms with Crippen LogP contribution in [0.15, 0.2) is 24.3 Å². The molecule has 1 unspecified atom stereocenters. The van der Waals surface area contributed by atoms with Crippen LogP contribution in [0.4, 0.5) is 11.4 Å². The Morgan fingerprint density at radius 2 is 2.29 bits per heavy atom. The van der Waals surface area contributed by atoms with E-state index in [0.717, 1.165) is 11.4 Å². The number of hydrogen-bond acceptors (Lipinski definition) is 3. The van der Waals surface area contributed by atoms with Gasteiger partial charge in [-0.2, -0.15) is 0 Å². The van der Waals surface area contributed by atoms with Gasteiger partial charge in [-0.15, -0.1) is 11.6 Å². The number of carbonyl (C=O) groups is 1. The second kappa shape index (κ2) is 6.47. The summed E-state index contributed by atoms with van der Waals surface area (Å²) in [6, 6.07) is 7.43. The topological polar surface area (TPSA) is 52.6 Å². The first kappa shape index (κ1) is 13.8. The monoisotopic (exact) mass is 256 g/mol. The molecule has 0 aromatic heterocycles. The number of nitrogens with zero attached hydrogens (tertiary/aromatic N) is 1. The highest BCUT2D eigenvalue weighted by Crippen LogP contribution is 2.18. The summed E-state index contributed by atoms with van der Waals surface area (Å²) in [5.74, 6) is 0.169. The average molecular weight is 257 g/mol. The Kier molecular flexibility index (Phi) is 5.25. The molecule has 1 rings (SSSR count). The van der Waals surface area contributed by atoms with Crippen LogP contribution >= 0.6 is 11.6 Å². The second-order valence-electron chi connectivity index (χ2n) is 3.82. The van der Waals surface area contributed by atoms with Crippen LogP contribution in [-0.2, 0) is 4.79 Å². The molecule has 0 aliphatic heterocycles. The Morgan fingerprint density at radius 3 is 2.88 bits per heavy atom. The Labute approximate surface area is 106 Å². The lowest BCUT2D eigenvalue weighted by Crippen LogP contribution is -2.23. The zero-order chi connectivity index (χ0) is 12.8. The molecule has 1 atom stereocenters. The summed E-state index contributed by atoms with van der Waals surface area (Å²) in [4.78, 5) is 12.8. The lowest BCUT2D eigenvalue weighted by molar-refractivity contribution is -0.116. The van der Waals surface area contributed by atoms with Gasteiger partial charge in [-0.1, -0.05) is 6.07 Å². The lowest BCUT2D eigenvalue weighted by atomic mass is 10.2. The zero-order valence-electron chi connectivity index (χ0n) is 9.98. The van der Waals surface area contributed by atoms with Crippen LogP contribution in [0, 0.1) is 0 Å². The Balaban J connectivity index is 2.69. The van der Waals surface area contributed by atoms with E-state index >= 15 is 0 Å². The quantitative estimate of drug-likeness (QED) is 0.789. The number of benzene rings is 1. The summed E-state index contributed by atoms with van der Waals surface area (Å²) in [5, 5.41) is 12.4. The Morgan fingerprint density at radius 1 is 1.59 bits per heavy atom. The largest absolute Gasteiger partial charge is 0.390 e. The average Bonchev–Trinajstić information content (AvgIpc) is 2.35. The van der Waals surface area contributed by atoms with Gasteiger partial charge in [0.2, 0.25) is 5.91 Å². The number of aliphatic hydroxyl groups excluding tert-OH is 1. The van der Waals surface area contributed by atoms with E-state index in [4.69, 9.17) is 11.6 Å². The molecule has 0 spiro atoms. The van der Waals surface area contributed by atoms with E-state index in [0.29, 0.717) is 6.54 Å². The van der Waals surface area contributed by atoms with Gasteiger partial charge in [0.25, 0.3) is 0 Å². The number of alkyl halides is 1. The number of anilines is 2. The molecule has 1 amide bonds. The molecule has 0 aliphatic carbocycles. The van der Waals surface area contributed by atoms with E-state index in [9.17, 15) is 9.90 Å². The first-order valence-electron chi connectivity index (χ1n) is 5.37. The third-order valence-corrected chi connectivity index (χ3v) is 2.78. The lowest BCUT2D eigenvalue weighted by Gasteiger charge is -2.17. The van der Waals surface area contributed by atoms with Gasteiger partial charge in [0.05, 0.1) is 12.0 Å². The van der Waals surface area contributed by atoms with E-state index in [2.05, 4.69) is 5.32 Å². The van der Waals surface area contributed by atoms with Crippen molar-refractivity contribution in [3.05, 3.63) is 24.3 Å². The van der Waals surface area contributed by atoms with Crippen molar-refractivity contribution >= 4 is 28.9 Å². The van der Waals surface area contributed by atoms with Crippen LogP contribution in [0.3, 0.4) is 0 Å². The number of carbonyl (C=O) groups excluding carboxylic acids is 1. The number of amides is 1. The van der Waals surface area contributed by atoms with Crippen LogP contribution in [-0.4, -0.2) is 36.6 Å². The van der Waals surface area contributed by atoms with E-state index in [1.54, 1.807) is 11.9 Å². The molecule has 0 radical (unpaired) electrons. The standard InChI is InChI=1S/C12H17ClN2O2/c1-9(16)15(2)11-5-3-4-10(6-11)14-8-12(17)7-13/h3-6,12,14,17H,7-8H2,1-2H3. The van der Waals surface area contributed by atoms with Crippen LogP contribution in [0.25, 0.3) is 0 Å². The molecule has 94 valence electrons. The van der Waals surface area contributed by atoms with Gasteiger partial charge < -0.3 is 15.3 Å². The van der Waals surface area contributed by atoms with Gasteiger partial charge in [0.1, 0.15) is 0 Å². The number of hydrogen-bond donors (Lipinski definition) is 2. The van der Waals surface area contributed by atoms with Crippen LogP contribution in [0.1, 0.15) is 6.92 Å². The molecule has 17 heavy (non-hydrogen) atoms. The van der Waals surface area contributed by atoms with Crippen LogP contribution in [0.5, 0.6) is 0 Å². The molecule has 0 saturated carbocycles. The molecule has 4 nitrogen and oxygen atoms in total. The van der Waals surface area contributed by atoms with Crippen molar-refractivity contribution < 1.29 is 9.90 Å². The van der Waals surface area contributed by atoms with Gasteiger partial charge in [0, 0.05) is 31.9 Å². The van der Waals surface area contributed by atoms with Gasteiger partial charge >= 0.3 is 0 Å². The molecule has 2 N–H and O–H groups in total. The minimum atomic E-state index is -0.578. The summed E-state index contributed by atoms with van der Waals surface area (Å²) in [7, 11) is 1.72. The smallest absolute Gasteiger partial charge is 0.223 e. The molecule has 1 aromatic rings. The summed E-state index contributed by atoms with van der Waals surface area (Å²) in [6.45, 7) is 1.90. The zero-order valence-corrected chi connectivity index (χ0v) is 10.7. The van der Waals surface area contributed by atoms with Crippen molar-refractivity contribution in [3.63, 3.8) is 0 Å². The van der Waals surface area contributed by atoms with Crippen molar-refractivity contribution in [2.24, 2.45) is 0 Å². The van der Waals surface area contributed by atoms with Crippen molar-refractivity contribution in [2.75, 3.05) is 29.7 Å². The fraction of sp³-hybridized carbons (Fsp3) is 0.417. The number of rotatable bonds is 5. The van der Waals surface area contributed by atoms with Crippen molar-refractivity contribution in [2.45, 2.75) is 13.0 Å². The van der Waals surface area contributed by atoms with Gasteiger partial charge in [-0.05, 0) is 18.2 Å². The normalized spacial score (nSPS) is 12.0. The number of nitrogens with one attached hydrogen (secondary N) is 1. The highest BCUT2D eigenvalue weighted by Gasteiger charge is 2.06.